The summed E-state index contributed by atoms with van der Waals surface area (Å²) in [7, 11) is 0. The Bertz CT molecular complexity index is 948. The number of rotatable bonds is 2. The maximum absolute atomic E-state index is 12.8. The fraction of sp³-hybridized carbons (Fsp3) is 0.278. The molecule has 2 amide bonds. The van der Waals surface area contributed by atoms with Crippen molar-refractivity contribution in [3.8, 4) is 5.75 Å². The third-order valence-corrected chi connectivity index (χ3v) is 5.29. The molecule has 0 aliphatic carbocycles. The van der Waals surface area contributed by atoms with Crippen LogP contribution >= 0.6 is 11.6 Å². The summed E-state index contributed by atoms with van der Waals surface area (Å²) in [5, 5.41) is 14.5. The summed E-state index contributed by atoms with van der Waals surface area (Å²) in [4.78, 5) is 24.9. The van der Waals surface area contributed by atoms with Crippen molar-refractivity contribution in [2.45, 2.75) is 32.0 Å². The number of nitro benzene ring substituents is 1. The van der Waals surface area contributed by atoms with Gasteiger partial charge in [0, 0.05) is 29.1 Å². The zero-order valence-electron chi connectivity index (χ0n) is 14.2. The molecule has 0 saturated carbocycles. The number of aryl methyl sites for hydroxylation is 1. The second-order valence-corrected chi connectivity index (χ2v) is 7.14. The van der Waals surface area contributed by atoms with Crippen molar-refractivity contribution >= 4 is 29.0 Å². The van der Waals surface area contributed by atoms with E-state index in [0.29, 0.717) is 28.4 Å². The lowest BCUT2D eigenvalue weighted by molar-refractivity contribution is -0.385. The number of halogens is 1. The summed E-state index contributed by atoms with van der Waals surface area (Å²) in [6.45, 7) is 3.72. The molecule has 2 aromatic carbocycles. The number of carbonyl (C=O) groups is 1. The number of hydrogen-bond donors (Lipinski definition) is 1. The van der Waals surface area contributed by atoms with Gasteiger partial charge in [-0.2, -0.15) is 0 Å². The fourth-order valence-electron chi connectivity index (χ4n) is 3.59. The summed E-state index contributed by atoms with van der Waals surface area (Å²) in [5.41, 5.74) is 1.21. The zero-order valence-corrected chi connectivity index (χ0v) is 14.9. The molecule has 2 aliphatic rings. The lowest BCUT2D eigenvalue weighted by Crippen LogP contribution is -2.65. The number of nitro groups is 1. The first-order valence-electron chi connectivity index (χ1n) is 8.13. The van der Waals surface area contributed by atoms with E-state index in [1.54, 1.807) is 17.0 Å². The van der Waals surface area contributed by atoms with Gasteiger partial charge in [0.15, 0.2) is 5.72 Å². The Labute approximate surface area is 154 Å². The molecule has 7 nitrogen and oxygen atoms in total. The molecular weight excluding hydrogens is 358 g/mol. The van der Waals surface area contributed by atoms with Crippen LogP contribution in [0.4, 0.5) is 16.2 Å². The molecule has 1 saturated heterocycles. The molecule has 0 aromatic heterocycles. The van der Waals surface area contributed by atoms with Crippen molar-refractivity contribution in [1.29, 1.82) is 0 Å². The molecule has 8 heteroatoms. The standard InChI is InChI=1S/C18H16ClN3O4/c1-10-3-4-11(8-14(10)19)21-17(23)20-15-9-18(21,2)26-16-6-5-12(22(24)25)7-13(15)16/h3-8,15H,9H2,1-2H3,(H,20,23). The average molecular weight is 374 g/mol. The van der Waals surface area contributed by atoms with Gasteiger partial charge in [-0.1, -0.05) is 17.7 Å². The summed E-state index contributed by atoms with van der Waals surface area (Å²) in [6, 6.07) is 9.15. The summed E-state index contributed by atoms with van der Waals surface area (Å²) in [6.07, 6.45) is 0.457. The summed E-state index contributed by atoms with van der Waals surface area (Å²) >= 11 is 6.22. The normalized spacial score (nSPS) is 23.7. The van der Waals surface area contributed by atoms with Crippen molar-refractivity contribution < 1.29 is 14.5 Å². The van der Waals surface area contributed by atoms with E-state index in [-0.39, 0.29) is 17.8 Å². The quantitative estimate of drug-likeness (QED) is 0.627. The molecule has 0 spiro atoms. The van der Waals surface area contributed by atoms with Gasteiger partial charge >= 0.3 is 6.03 Å². The van der Waals surface area contributed by atoms with Gasteiger partial charge in [0.2, 0.25) is 0 Å². The summed E-state index contributed by atoms with van der Waals surface area (Å²) < 4.78 is 6.13. The van der Waals surface area contributed by atoms with Gasteiger partial charge < -0.3 is 10.1 Å². The summed E-state index contributed by atoms with van der Waals surface area (Å²) in [5.74, 6) is 0.526. The molecule has 2 aliphatic heterocycles. The van der Waals surface area contributed by atoms with Gasteiger partial charge in [-0.15, -0.1) is 0 Å². The Hall–Kier alpha value is -2.80. The molecule has 2 bridgehead atoms. The highest BCUT2D eigenvalue weighted by molar-refractivity contribution is 6.31. The third-order valence-electron chi connectivity index (χ3n) is 4.88. The topological polar surface area (TPSA) is 84.7 Å². The Morgan fingerprint density at radius 2 is 2.12 bits per heavy atom. The van der Waals surface area contributed by atoms with Gasteiger partial charge in [0.05, 0.1) is 16.7 Å². The highest BCUT2D eigenvalue weighted by Crippen LogP contribution is 2.46. The number of nitrogens with one attached hydrogen (secondary N) is 1. The van der Waals surface area contributed by atoms with Gasteiger partial charge in [-0.3, -0.25) is 15.0 Å². The van der Waals surface area contributed by atoms with Crippen LogP contribution in [0.2, 0.25) is 5.02 Å². The second-order valence-electron chi connectivity index (χ2n) is 6.73. The minimum absolute atomic E-state index is 0.0297. The molecule has 134 valence electrons. The molecule has 2 heterocycles. The van der Waals surface area contributed by atoms with Crippen LogP contribution in [0.25, 0.3) is 0 Å². The fourth-order valence-corrected chi connectivity index (χ4v) is 3.76. The minimum atomic E-state index is -0.922. The average Bonchev–Trinajstić information content (AvgIpc) is 2.57. The number of urea groups is 1. The van der Waals surface area contributed by atoms with Gasteiger partial charge in [0.1, 0.15) is 5.75 Å². The number of amides is 2. The van der Waals surface area contributed by atoms with Crippen molar-refractivity contribution in [2.75, 3.05) is 4.90 Å². The highest BCUT2D eigenvalue weighted by atomic mass is 35.5. The number of ether oxygens (including phenoxy) is 1. The molecule has 2 atom stereocenters. The number of carbonyl (C=O) groups excluding carboxylic acids is 1. The van der Waals surface area contributed by atoms with E-state index in [0.717, 1.165) is 5.56 Å². The van der Waals surface area contributed by atoms with Crippen LogP contribution in [0.1, 0.15) is 30.5 Å². The zero-order chi connectivity index (χ0) is 18.6. The monoisotopic (exact) mass is 373 g/mol. The number of hydrogen-bond acceptors (Lipinski definition) is 4. The van der Waals surface area contributed by atoms with E-state index in [1.165, 1.54) is 12.1 Å². The number of fused-ring (bicyclic) bond motifs is 4. The number of nitrogens with zero attached hydrogens (tertiary/aromatic N) is 2. The Kier molecular flexibility index (Phi) is 3.59. The molecule has 1 fully saturated rings. The predicted molar refractivity (Wildman–Crippen MR) is 96.7 cm³/mol. The highest BCUT2D eigenvalue weighted by Gasteiger charge is 2.50. The lowest BCUT2D eigenvalue weighted by Gasteiger charge is -2.50. The maximum atomic E-state index is 12.8. The number of anilines is 1. The number of benzene rings is 2. The second kappa shape index (κ2) is 5.60. The van der Waals surface area contributed by atoms with Crippen LogP contribution in [0.3, 0.4) is 0 Å². The van der Waals surface area contributed by atoms with Crippen LogP contribution in [-0.2, 0) is 0 Å². The van der Waals surface area contributed by atoms with Crippen molar-refractivity contribution in [2.24, 2.45) is 0 Å². The minimum Gasteiger partial charge on any atom is -0.467 e. The van der Waals surface area contributed by atoms with E-state index in [9.17, 15) is 14.9 Å². The molecule has 2 aromatic rings. The van der Waals surface area contributed by atoms with Gasteiger partial charge in [-0.25, -0.2) is 4.79 Å². The molecular formula is C18H16ClN3O4. The molecule has 2 unspecified atom stereocenters. The Morgan fingerprint density at radius 3 is 2.81 bits per heavy atom. The van der Waals surface area contributed by atoms with Crippen molar-refractivity contribution in [1.82, 2.24) is 5.32 Å². The van der Waals surface area contributed by atoms with Crippen LogP contribution in [0, 0.1) is 17.0 Å². The van der Waals surface area contributed by atoms with E-state index >= 15 is 0 Å². The smallest absolute Gasteiger partial charge is 0.325 e. The molecule has 0 radical (unpaired) electrons. The van der Waals surface area contributed by atoms with Crippen LogP contribution in [0.5, 0.6) is 5.75 Å². The van der Waals surface area contributed by atoms with Crippen molar-refractivity contribution in [3.05, 3.63) is 62.7 Å². The van der Waals surface area contributed by atoms with Crippen LogP contribution < -0.4 is 15.0 Å². The van der Waals surface area contributed by atoms with Crippen LogP contribution in [0.15, 0.2) is 36.4 Å². The maximum Gasteiger partial charge on any atom is 0.325 e. The lowest BCUT2D eigenvalue weighted by atomic mass is 9.90. The molecule has 1 N–H and O–H groups in total. The largest absolute Gasteiger partial charge is 0.467 e. The number of non-ortho nitro benzene ring substituents is 1. The molecule has 4 rings (SSSR count). The first kappa shape index (κ1) is 16.7. The Balaban J connectivity index is 1.78. The molecule has 26 heavy (non-hydrogen) atoms. The van der Waals surface area contributed by atoms with E-state index in [1.807, 2.05) is 26.0 Å². The Morgan fingerprint density at radius 1 is 1.35 bits per heavy atom. The van der Waals surface area contributed by atoms with Gasteiger partial charge in [0.25, 0.3) is 5.69 Å². The first-order chi connectivity index (χ1) is 12.3. The van der Waals surface area contributed by atoms with E-state index < -0.39 is 10.6 Å². The van der Waals surface area contributed by atoms with Crippen molar-refractivity contribution in [3.63, 3.8) is 0 Å². The SMILES string of the molecule is Cc1ccc(N2C(=O)NC3CC2(C)Oc2ccc([N+](=O)[O-])cc23)cc1Cl. The predicted octanol–water partition coefficient (Wildman–Crippen LogP) is 4.33. The third kappa shape index (κ3) is 2.47. The van der Waals surface area contributed by atoms with E-state index in [4.69, 9.17) is 16.3 Å². The van der Waals surface area contributed by atoms with Gasteiger partial charge in [-0.05, 0) is 37.6 Å². The van der Waals surface area contributed by atoms with E-state index in [2.05, 4.69) is 5.32 Å². The first-order valence-corrected chi connectivity index (χ1v) is 8.50. The van der Waals surface area contributed by atoms with Crippen LogP contribution in [-0.4, -0.2) is 16.7 Å².